The maximum atomic E-state index is 11.4. The van der Waals surface area contributed by atoms with Gasteiger partial charge in [0.05, 0.1) is 17.3 Å². The normalized spacial score (nSPS) is 11.5. The highest BCUT2D eigenvalue weighted by Gasteiger charge is 2.15. The van der Waals surface area contributed by atoms with Crippen molar-refractivity contribution in [2.24, 2.45) is 5.10 Å². The van der Waals surface area contributed by atoms with Crippen LogP contribution < -0.4 is 10.2 Å². The predicted octanol–water partition coefficient (Wildman–Crippen LogP) is 3.41. The Balaban J connectivity index is 2.74. The lowest BCUT2D eigenvalue weighted by atomic mass is 10.2. The van der Waals surface area contributed by atoms with Gasteiger partial charge in [0.1, 0.15) is 5.60 Å². The first-order chi connectivity index (χ1) is 9.73. The van der Waals surface area contributed by atoms with E-state index in [1.165, 1.54) is 6.21 Å². The van der Waals surface area contributed by atoms with Crippen LogP contribution in [0.4, 0.5) is 4.79 Å². The number of hydrazone groups is 1. The van der Waals surface area contributed by atoms with Crippen LogP contribution in [0.3, 0.4) is 0 Å². The van der Waals surface area contributed by atoms with Crippen LogP contribution >= 0.6 is 15.9 Å². The SMILES string of the molecule is CCOc1cc(C=NNC(=O)OC(C)(C)C)cc(Br)c1O. The van der Waals surface area contributed by atoms with Gasteiger partial charge in [0.2, 0.25) is 0 Å². The Kier molecular flexibility index (Phi) is 6.02. The first kappa shape index (κ1) is 17.3. The Labute approximate surface area is 132 Å². The van der Waals surface area contributed by atoms with Gasteiger partial charge in [-0.05, 0) is 61.3 Å². The van der Waals surface area contributed by atoms with Gasteiger partial charge in [0.25, 0.3) is 0 Å². The van der Waals surface area contributed by atoms with Crippen molar-refractivity contribution in [2.75, 3.05) is 6.61 Å². The number of ether oxygens (including phenoxy) is 2. The van der Waals surface area contributed by atoms with Crippen molar-refractivity contribution in [3.05, 3.63) is 22.2 Å². The van der Waals surface area contributed by atoms with Gasteiger partial charge >= 0.3 is 6.09 Å². The Morgan fingerprint density at radius 2 is 2.14 bits per heavy atom. The van der Waals surface area contributed by atoms with E-state index in [-0.39, 0.29) is 5.75 Å². The van der Waals surface area contributed by atoms with Crippen molar-refractivity contribution < 1.29 is 19.4 Å². The third-order valence-corrected chi connectivity index (χ3v) is 2.72. The molecule has 0 aliphatic carbocycles. The summed E-state index contributed by atoms with van der Waals surface area (Å²) in [6.45, 7) is 7.54. The lowest BCUT2D eigenvalue weighted by Crippen LogP contribution is -2.29. The Morgan fingerprint density at radius 1 is 1.48 bits per heavy atom. The fourth-order valence-electron chi connectivity index (χ4n) is 1.39. The second kappa shape index (κ2) is 7.31. The first-order valence-corrected chi connectivity index (χ1v) is 7.19. The van der Waals surface area contributed by atoms with Crippen molar-refractivity contribution in [3.8, 4) is 11.5 Å². The lowest BCUT2D eigenvalue weighted by molar-refractivity contribution is 0.0529. The molecule has 0 saturated carbocycles. The van der Waals surface area contributed by atoms with Crippen LogP contribution in [0.2, 0.25) is 0 Å². The zero-order chi connectivity index (χ0) is 16.0. The summed E-state index contributed by atoms with van der Waals surface area (Å²) in [5, 5.41) is 13.6. The van der Waals surface area contributed by atoms with Gasteiger partial charge in [-0.2, -0.15) is 5.10 Å². The number of phenols is 1. The summed E-state index contributed by atoms with van der Waals surface area (Å²) < 4.78 is 10.8. The van der Waals surface area contributed by atoms with Gasteiger partial charge in [-0.15, -0.1) is 0 Å². The van der Waals surface area contributed by atoms with Gasteiger partial charge in [0, 0.05) is 0 Å². The summed E-state index contributed by atoms with van der Waals surface area (Å²) in [7, 11) is 0. The summed E-state index contributed by atoms with van der Waals surface area (Å²) >= 11 is 3.22. The molecule has 1 amide bonds. The van der Waals surface area contributed by atoms with E-state index in [1.807, 2.05) is 6.92 Å². The van der Waals surface area contributed by atoms with Crippen LogP contribution in [0.1, 0.15) is 33.3 Å². The highest BCUT2D eigenvalue weighted by Crippen LogP contribution is 2.34. The number of aromatic hydroxyl groups is 1. The van der Waals surface area contributed by atoms with Crippen LogP contribution in [-0.4, -0.2) is 29.6 Å². The number of nitrogens with one attached hydrogen (secondary N) is 1. The minimum Gasteiger partial charge on any atom is -0.503 e. The molecule has 0 aliphatic heterocycles. The lowest BCUT2D eigenvalue weighted by Gasteiger charge is -2.18. The fraction of sp³-hybridized carbons (Fsp3) is 0.429. The van der Waals surface area contributed by atoms with E-state index in [4.69, 9.17) is 9.47 Å². The molecule has 0 fully saturated rings. The van der Waals surface area contributed by atoms with Gasteiger partial charge in [0.15, 0.2) is 11.5 Å². The van der Waals surface area contributed by atoms with Crippen LogP contribution in [0.5, 0.6) is 11.5 Å². The molecule has 0 aliphatic rings. The molecule has 116 valence electrons. The van der Waals surface area contributed by atoms with Crippen molar-refractivity contribution in [1.82, 2.24) is 5.43 Å². The molecule has 0 atom stereocenters. The number of hydrogen-bond acceptors (Lipinski definition) is 5. The number of hydrogen-bond donors (Lipinski definition) is 2. The molecular weight excluding hydrogens is 340 g/mol. The molecule has 0 bridgehead atoms. The molecule has 0 unspecified atom stereocenters. The number of rotatable bonds is 4. The number of nitrogens with zero attached hydrogens (tertiary/aromatic N) is 1. The maximum Gasteiger partial charge on any atom is 0.428 e. The molecule has 1 aromatic carbocycles. The number of phenolic OH excluding ortho intramolecular Hbond substituents is 1. The Bertz CT molecular complexity index is 539. The van der Waals surface area contributed by atoms with Crippen molar-refractivity contribution in [2.45, 2.75) is 33.3 Å². The van der Waals surface area contributed by atoms with Crippen LogP contribution in [-0.2, 0) is 4.74 Å². The second-order valence-electron chi connectivity index (χ2n) is 5.15. The van der Waals surface area contributed by atoms with Gasteiger partial charge < -0.3 is 14.6 Å². The molecule has 6 nitrogen and oxygen atoms in total. The largest absolute Gasteiger partial charge is 0.503 e. The number of benzene rings is 1. The van der Waals surface area contributed by atoms with Crippen LogP contribution in [0.15, 0.2) is 21.7 Å². The fourth-order valence-corrected chi connectivity index (χ4v) is 1.85. The Morgan fingerprint density at radius 3 is 2.71 bits per heavy atom. The topological polar surface area (TPSA) is 80.2 Å². The molecule has 2 N–H and O–H groups in total. The van der Waals surface area contributed by atoms with Gasteiger partial charge in [-0.3, -0.25) is 0 Å². The smallest absolute Gasteiger partial charge is 0.428 e. The molecule has 1 aromatic rings. The number of carbonyl (C=O) groups is 1. The molecule has 0 spiro atoms. The third kappa shape index (κ3) is 6.03. The average Bonchev–Trinajstić information content (AvgIpc) is 2.33. The summed E-state index contributed by atoms with van der Waals surface area (Å²) in [4.78, 5) is 11.4. The van der Waals surface area contributed by atoms with E-state index in [9.17, 15) is 9.90 Å². The highest BCUT2D eigenvalue weighted by molar-refractivity contribution is 9.10. The minimum absolute atomic E-state index is 0.0223. The molecule has 21 heavy (non-hydrogen) atoms. The molecule has 7 heteroatoms. The zero-order valence-corrected chi connectivity index (χ0v) is 14.0. The molecular formula is C14H19BrN2O4. The molecule has 0 heterocycles. The monoisotopic (exact) mass is 358 g/mol. The summed E-state index contributed by atoms with van der Waals surface area (Å²) in [5.74, 6) is 0.361. The summed E-state index contributed by atoms with van der Waals surface area (Å²) in [5.41, 5.74) is 2.33. The van der Waals surface area contributed by atoms with Gasteiger partial charge in [-0.25, -0.2) is 10.2 Å². The van der Waals surface area contributed by atoms with Crippen molar-refractivity contribution in [1.29, 1.82) is 0 Å². The van der Waals surface area contributed by atoms with E-state index >= 15 is 0 Å². The predicted molar refractivity (Wildman–Crippen MR) is 83.9 cm³/mol. The summed E-state index contributed by atoms with van der Waals surface area (Å²) in [6, 6.07) is 3.27. The van der Waals surface area contributed by atoms with Crippen LogP contribution in [0.25, 0.3) is 0 Å². The minimum atomic E-state index is -0.637. The zero-order valence-electron chi connectivity index (χ0n) is 12.4. The molecule has 1 rings (SSSR count). The Hall–Kier alpha value is -1.76. The van der Waals surface area contributed by atoms with E-state index in [0.29, 0.717) is 22.4 Å². The summed E-state index contributed by atoms with van der Waals surface area (Å²) in [6.07, 6.45) is 0.790. The second-order valence-corrected chi connectivity index (χ2v) is 6.01. The standard InChI is InChI=1S/C14H19BrN2O4/c1-5-20-11-7-9(6-10(15)12(11)18)8-16-17-13(19)21-14(2,3)4/h6-8,18H,5H2,1-4H3,(H,17,19). The number of amides is 1. The third-order valence-electron chi connectivity index (χ3n) is 2.12. The van der Waals surface area contributed by atoms with E-state index in [2.05, 4.69) is 26.5 Å². The first-order valence-electron chi connectivity index (χ1n) is 6.40. The highest BCUT2D eigenvalue weighted by atomic mass is 79.9. The van der Waals surface area contributed by atoms with E-state index < -0.39 is 11.7 Å². The number of halogens is 1. The molecule has 0 radical (unpaired) electrons. The quantitative estimate of drug-likeness (QED) is 0.638. The molecule has 0 saturated heterocycles. The maximum absolute atomic E-state index is 11.4. The van der Waals surface area contributed by atoms with E-state index in [1.54, 1.807) is 32.9 Å². The van der Waals surface area contributed by atoms with Crippen LogP contribution in [0, 0.1) is 0 Å². The number of carbonyl (C=O) groups excluding carboxylic acids is 1. The van der Waals surface area contributed by atoms with Crippen molar-refractivity contribution in [3.63, 3.8) is 0 Å². The molecule has 0 aromatic heterocycles. The average molecular weight is 359 g/mol. The van der Waals surface area contributed by atoms with E-state index in [0.717, 1.165) is 0 Å². The van der Waals surface area contributed by atoms with Crippen molar-refractivity contribution >= 4 is 28.2 Å². The van der Waals surface area contributed by atoms with Gasteiger partial charge in [-0.1, -0.05) is 0 Å².